The zero-order chi connectivity index (χ0) is 19.1. The number of nitrogens with zero attached hydrogens (tertiary/aromatic N) is 2. The van der Waals surface area contributed by atoms with E-state index in [4.69, 9.17) is 4.74 Å². The number of nitrogens with one attached hydrogen (secondary N) is 1. The minimum atomic E-state index is -0.635. The number of carbonyl (C=O) groups is 1. The van der Waals surface area contributed by atoms with Gasteiger partial charge in [-0.2, -0.15) is 0 Å². The molecule has 1 aromatic carbocycles. The number of benzene rings is 1. The van der Waals surface area contributed by atoms with Crippen LogP contribution in [0.2, 0.25) is 0 Å². The molecule has 0 fully saturated rings. The summed E-state index contributed by atoms with van der Waals surface area (Å²) in [5.41, 5.74) is 1.32. The summed E-state index contributed by atoms with van der Waals surface area (Å²) in [6.45, 7) is 3.89. The van der Waals surface area contributed by atoms with Gasteiger partial charge in [0.15, 0.2) is 0 Å². The quantitative estimate of drug-likeness (QED) is 0.266. The molecule has 0 aliphatic rings. The molecule has 2 atom stereocenters. The topological polar surface area (TPSA) is 72.8 Å². The Kier molecular flexibility index (Phi) is 7.95. The molecule has 2 rings (SSSR count). The molecule has 2 unspecified atom stereocenters. The standard InChI is InChI=1S/C18H22IN3O3S/c1-11-7-15(9-13-8-14(19)10-20-16(11)13)25-18(26-4)17(23)22-12(2)5-6-21-24-3/h6-10,12,18H,5H2,1-4H3,(H,22,23). The van der Waals surface area contributed by atoms with Crippen molar-refractivity contribution in [2.45, 2.75) is 31.7 Å². The Hall–Kier alpha value is -1.55. The van der Waals surface area contributed by atoms with Crippen LogP contribution in [-0.4, -0.2) is 41.9 Å². The molecule has 0 radical (unpaired) electrons. The number of amides is 1. The SMILES string of the molecule is CON=CCC(C)NC(=O)C(Oc1cc(C)c2ncc(I)cc2c1)SC. The summed E-state index contributed by atoms with van der Waals surface area (Å²) in [5.74, 6) is 0.483. The van der Waals surface area contributed by atoms with Crippen molar-refractivity contribution >= 4 is 57.4 Å². The molecule has 1 aromatic heterocycles. The summed E-state index contributed by atoms with van der Waals surface area (Å²) in [4.78, 5) is 21.6. The van der Waals surface area contributed by atoms with E-state index in [-0.39, 0.29) is 11.9 Å². The average Bonchev–Trinajstić information content (AvgIpc) is 2.59. The van der Waals surface area contributed by atoms with E-state index in [1.807, 2.05) is 44.5 Å². The highest BCUT2D eigenvalue weighted by Gasteiger charge is 2.21. The van der Waals surface area contributed by atoms with Gasteiger partial charge in [0.25, 0.3) is 5.91 Å². The van der Waals surface area contributed by atoms with Crippen LogP contribution >= 0.6 is 34.4 Å². The third kappa shape index (κ3) is 5.73. The maximum Gasteiger partial charge on any atom is 0.271 e. The number of fused-ring (bicyclic) bond motifs is 1. The zero-order valence-electron chi connectivity index (χ0n) is 15.2. The first-order valence-electron chi connectivity index (χ1n) is 8.05. The molecule has 1 heterocycles. The summed E-state index contributed by atoms with van der Waals surface area (Å²) in [6.07, 6.45) is 5.89. The molecule has 26 heavy (non-hydrogen) atoms. The zero-order valence-corrected chi connectivity index (χ0v) is 18.1. The fraction of sp³-hybridized carbons (Fsp3) is 0.389. The van der Waals surface area contributed by atoms with Crippen molar-refractivity contribution in [1.82, 2.24) is 10.3 Å². The molecule has 0 aliphatic carbocycles. The van der Waals surface area contributed by atoms with Crippen LogP contribution in [0.4, 0.5) is 0 Å². The Morgan fingerprint density at radius 3 is 2.92 bits per heavy atom. The Morgan fingerprint density at radius 2 is 2.23 bits per heavy atom. The van der Waals surface area contributed by atoms with Crippen molar-refractivity contribution in [2.24, 2.45) is 5.16 Å². The van der Waals surface area contributed by atoms with E-state index in [1.54, 1.807) is 6.21 Å². The minimum absolute atomic E-state index is 0.0660. The highest BCUT2D eigenvalue weighted by Crippen LogP contribution is 2.26. The van der Waals surface area contributed by atoms with E-state index in [0.717, 1.165) is 20.0 Å². The summed E-state index contributed by atoms with van der Waals surface area (Å²) in [7, 11) is 1.49. The van der Waals surface area contributed by atoms with E-state index < -0.39 is 5.44 Å². The summed E-state index contributed by atoms with van der Waals surface area (Å²) in [5, 5.41) is 7.60. The monoisotopic (exact) mass is 487 g/mol. The Balaban J connectivity index is 2.10. The minimum Gasteiger partial charge on any atom is -0.470 e. The van der Waals surface area contributed by atoms with Gasteiger partial charge in [-0.25, -0.2) is 0 Å². The van der Waals surface area contributed by atoms with Gasteiger partial charge in [0, 0.05) is 33.8 Å². The molecule has 1 amide bonds. The van der Waals surface area contributed by atoms with Crippen LogP contribution in [0.3, 0.4) is 0 Å². The number of hydrogen-bond donors (Lipinski definition) is 1. The fourth-order valence-electron chi connectivity index (χ4n) is 2.42. The second-order valence-corrected chi connectivity index (χ2v) is 7.91. The van der Waals surface area contributed by atoms with E-state index >= 15 is 0 Å². The average molecular weight is 487 g/mol. The number of pyridine rings is 1. The molecule has 0 aliphatic heterocycles. The molecule has 0 saturated carbocycles. The number of ether oxygens (including phenoxy) is 1. The molecular formula is C18H22IN3O3S. The molecule has 0 bridgehead atoms. The van der Waals surface area contributed by atoms with Crippen molar-refractivity contribution in [3.63, 3.8) is 0 Å². The van der Waals surface area contributed by atoms with Crippen molar-refractivity contribution in [3.05, 3.63) is 33.5 Å². The summed E-state index contributed by atoms with van der Waals surface area (Å²) < 4.78 is 7.00. The number of aromatic nitrogens is 1. The second-order valence-electron chi connectivity index (χ2n) is 5.77. The molecule has 6 nitrogen and oxygen atoms in total. The van der Waals surface area contributed by atoms with Gasteiger partial charge in [-0.05, 0) is 66.5 Å². The molecule has 1 N–H and O–H groups in total. The van der Waals surface area contributed by atoms with Crippen LogP contribution < -0.4 is 10.1 Å². The van der Waals surface area contributed by atoms with Crippen molar-refractivity contribution in [2.75, 3.05) is 13.4 Å². The maximum absolute atomic E-state index is 12.5. The van der Waals surface area contributed by atoms with Gasteiger partial charge in [0.2, 0.25) is 5.44 Å². The van der Waals surface area contributed by atoms with E-state index in [0.29, 0.717) is 12.2 Å². The van der Waals surface area contributed by atoms with Crippen molar-refractivity contribution in [3.8, 4) is 5.75 Å². The maximum atomic E-state index is 12.5. The predicted octanol–water partition coefficient (Wildman–Crippen LogP) is 3.74. The lowest BCUT2D eigenvalue weighted by molar-refractivity contribution is -0.125. The summed E-state index contributed by atoms with van der Waals surface area (Å²) >= 11 is 3.58. The van der Waals surface area contributed by atoms with Crippen molar-refractivity contribution < 1.29 is 14.4 Å². The highest BCUT2D eigenvalue weighted by molar-refractivity contribution is 14.1. The summed E-state index contributed by atoms with van der Waals surface area (Å²) in [6, 6.07) is 5.81. The molecule has 0 spiro atoms. The lowest BCUT2D eigenvalue weighted by atomic mass is 10.1. The second kappa shape index (κ2) is 9.96. The van der Waals surface area contributed by atoms with E-state index in [9.17, 15) is 4.79 Å². The number of halogens is 1. The lowest BCUT2D eigenvalue weighted by Crippen LogP contribution is -2.41. The molecular weight excluding hydrogens is 465 g/mol. The van der Waals surface area contributed by atoms with Crippen LogP contribution in [0.25, 0.3) is 10.9 Å². The number of oxime groups is 1. The number of aryl methyl sites for hydroxylation is 1. The van der Waals surface area contributed by atoms with Gasteiger partial charge in [-0.3, -0.25) is 9.78 Å². The normalized spacial score (nSPS) is 13.6. The van der Waals surface area contributed by atoms with Crippen LogP contribution in [0.5, 0.6) is 5.75 Å². The first-order valence-corrected chi connectivity index (χ1v) is 10.4. The van der Waals surface area contributed by atoms with Crippen LogP contribution in [0.1, 0.15) is 18.9 Å². The molecule has 8 heteroatoms. The van der Waals surface area contributed by atoms with Gasteiger partial charge < -0.3 is 14.9 Å². The van der Waals surface area contributed by atoms with E-state index in [1.165, 1.54) is 18.9 Å². The first-order chi connectivity index (χ1) is 12.4. The van der Waals surface area contributed by atoms with Gasteiger partial charge in [-0.15, -0.1) is 11.8 Å². The van der Waals surface area contributed by atoms with Crippen LogP contribution in [-0.2, 0) is 9.63 Å². The number of hydrogen-bond acceptors (Lipinski definition) is 6. The van der Waals surface area contributed by atoms with Crippen molar-refractivity contribution in [1.29, 1.82) is 0 Å². The van der Waals surface area contributed by atoms with Gasteiger partial charge >= 0.3 is 0 Å². The third-order valence-electron chi connectivity index (χ3n) is 3.61. The molecule has 0 saturated heterocycles. The largest absolute Gasteiger partial charge is 0.470 e. The van der Waals surface area contributed by atoms with E-state index in [2.05, 4.69) is 42.9 Å². The Labute approximate surface area is 171 Å². The molecule has 140 valence electrons. The lowest BCUT2D eigenvalue weighted by Gasteiger charge is -2.20. The Morgan fingerprint density at radius 1 is 1.46 bits per heavy atom. The first kappa shape index (κ1) is 20.8. The fourth-order valence-corrected chi connectivity index (χ4v) is 3.38. The highest BCUT2D eigenvalue weighted by atomic mass is 127. The predicted molar refractivity (Wildman–Crippen MR) is 115 cm³/mol. The number of rotatable bonds is 8. The number of carbonyl (C=O) groups excluding carboxylic acids is 1. The third-order valence-corrected chi connectivity index (χ3v) is 4.94. The van der Waals surface area contributed by atoms with Gasteiger partial charge in [0.05, 0.1) is 5.52 Å². The van der Waals surface area contributed by atoms with Gasteiger partial charge in [-0.1, -0.05) is 5.16 Å². The molecule has 2 aromatic rings. The smallest absolute Gasteiger partial charge is 0.271 e. The van der Waals surface area contributed by atoms with Crippen LogP contribution in [0, 0.1) is 10.5 Å². The van der Waals surface area contributed by atoms with Gasteiger partial charge in [0.1, 0.15) is 12.9 Å². The number of thioether (sulfide) groups is 1. The van der Waals surface area contributed by atoms with Crippen LogP contribution in [0.15, 0.2) is 29.6 Å². The Bertz CT molecular complexity index is 801.